The number of methoxy groups -OCH3 is 1. The number of nitrogens with two attached hydrogens (primary N) is 1. The first kappa shape index (κ1) is 11.9. The molecule has 0 radical (unpaired) electrons. The maximum Gasteiger partial charge on any atom is 0.0763 e. The average Bonchev–Trinajstić information content (AvgIpc) is 1.98. The van der Waals surface area contributed by atoms with Crippen molar-refractivity contribution in [1.82, 2.24) is 5.43 Å². The van der Waals surface area contributed by atoms with E-state index in [-0.39, 0.29) is 12.1 Å². The second kappa shape index (κ2) is 5.51. The van der Waals surface area contributed by atoms with Crippen LogP contribution < -0.4 is 11.3 Å². The molecule has 12 heavy (non-hydrogen) atoms. The lowest BCUT2D eigenvalue weighted by molar-refractivity contribution is 0.0195. The molecule has 0 spiro atoms. The zero-order valence-corrected chi connectivity index (χ0v) is 8.79. The van der Waals surface area contributed by atoms with Gasteiger partial charge in [-0.2, -0.15) is 0 Å². The van der Waals surface area contributed by atoms with Gasteiger partial charge in [0.2, 0.25) is 0 Å². The molecule has 0 aliphatic rings. The Bertz CT molecular complexity index is 101. The van der Waals surface area contributed by atoms with Gasteiger partial charge in [0.1, 0.15) is 0 Å². The van der Waals surface area contributed by atoms with Crippen molar-refractivity contribution in [1.29, 1.82) is 0 Å². The molecule has 0 rings (SSSR count). The molecular formula is C9H22N2O. The lowest BCUT2D eigenvalue weighted by Gasteiger charge is -2.31. The summed E-state index contributed by atoms with van der Waals surface area (Å²) in [6.45, 7) is 8.56. The topological polar surface area (TPSA) is 47.3 Å². The Labute approximate surface area is 75.6 Å². The second-order valence-electron chi connectivity index (χ2n) is 3.88. The van der Waals surface area contributed by atoms with Crippen LogP contribution >= 0.6 is 0 Å². The maximum atomic E-state index is 5.46. The number of ether oxygens (including phenoxy) is 1. The summed E-state index contributed by atoms with van der Waals surface area (Å²) in [5.74, 6) is 6.43. The SMILES string of the molecule is COC(C(C)C)C(NN)C(C)C. The van der Waals surface area contributed by atoms with Crippen molar-refractivity contribution >= 4 is 0 Å². The first-order valence-corrected chi connectivity index (χ1v) is 4.53. The van der Waals surface area contributed by atoms with Crippen LogP contribution in [0.4, 0.5) is 0 Å². The summed E-state index contributed by atoms with van der Waals surface area (Å²) < 4.78 is 5.38. The first-order chi connectivity index (χ1) is 5.54. The molecular weight excluding hydrogens is 152 g/mol. The molecule has 0 amide bonds. The third-order valence-corrected chi connectivity index (χ3v) is 2.19. The van der Waals surface area contributed by atoms with Crippen LogP contribution in [-0.4, -0.2) is 19.3 Å². The fourth-order valence-corrected chi connectivity index (χ4v) is 1.50. The number of hydrazine groups is 1. The zero-order valence-electron chi connectivity index (χ0n) is 8.79. The molecule has 0 aliphatic carbocycles. The van der Waals surface area contributed by atoms with Crippen molar-refractivity contribution in [3.05, 3.63) is 0 Å². The van der Waals surface area contributed by atoms with Crippen LogP contribution in [0.3, 0.4) is 0 Å². The molecule has 0 aromatic heterocycles. The Morgan fingerprint density at radius 1 is 1.08 bits per heavy atom. The van der Waals surface area contributed by atoms with E-state index in [1.165, 1.54) is 0 Å². The van der Waals surface area contributed by atoms with E-state index in [0.29, 0.717) is 11.8 Å². The van der Waals surface area contributed by atoms with Crippen LogP contribution in [0.25, 0.3) is 0 Å². The lowest BCUT2D eigenvalue weighted by atomic mass is 9.92. The van der Waals surface area contributed by atoms with Crippen LogP contribution in [0.5, 0.6) is 0 Å². The number of rotatable bonds is 5. The molecule has 3 heteroatoms. The molecule has 0 aromatic rings. The summed E-state index contributed by atoms with van der Waals surface area (Å²) in [4.78, 5) is 0. The third-order valence-electron chi connectivity index (χ3n) is 2.19. The summed E-state index contributed by atoms with van der Waals surface area (Å²) >= 11 is 0. The smallest absolute Gasteiger partial charge is 0.0763 e. The number of hydrogen-bond acceptors (Lipinski definition) is 3. The maximum absolute atomic E-state index is 5.46. The Morgan fingerprint density at radius 2 is 1.58 bits per heavy atom. The number of hydrogen-bond donors (Lipinski definition) is 2. The van der Waals surface area contributed by atoms with Crippen molar-refractivity contribution in [2.24, 2.45) is 17.7 Å². The Balaban J connectivity index is 4.23. The minimum atomic E-state index is 0.190. The van der Waals surface area contributed by atoms with Crippen molar-refractivity contribution in [2.45, 2.75) is 39.8 Å². The van der Waals surface area contributed by atoms with Crippen molar-refractivity contribution < 1.29 is 4.74 Å². The Morgan fingerprint density at radius 3 is 1.67 bits per heavy atom. The fraction of sp³-hybridized carbons (Fsp3) is 1.00. The van der Waals surface area contributed by atoms with Gasteiger partial charge in [0.15, 0.2) is 0 Å². The standard InChI is InChI=1S/C9H22N2O/c1-6(2)8(11-10)9(12-5)7(3)4/h6-9,11H,10H2,1-5H3. The Hall–Kier alpha value is -0.120. The van der Waals surface area contributed by atoms with E-state index in [1.807, 2.05) is 0 Å². The second-order valence-corrected chi connectivity index (χ2v) is 3.88. The highest BCUT2D eigenvalue weighted by Crippen LogP contribution is 2.15. The molecule has 0 saturated heterocycles. The van der Waals surface area contributed by atoms with Gasteiger partial charge < -0.3 is 4.74 Å². The molecule has 74 valence electrons. The van der Waals surface area contributed by atoms with E-state index in [2.05, 4.69) is 33.1 Å². The normalized spacial score (nSPS) is 17.0. The highest BCUT2D eigenvalue weighted by atomic mass is 16.5. The van der Waals surface area contributed by atoms with E-state index in [0.717, 1.165) is 0 Å². The Kier molecular flexibility index (Phi) is 5.46. The van der Waals surface area contributed by atoms with Crippen LogP contribution in [0, 0.1) is 11.8 Å². The van der Waals surface area contributed by atoms with Crippen LogP contribution in [-0.2, 0) is 4.74 Å². The van der Waals surface area contributed by atoms with Crippen molar-refractivity contribution in [2.75, 3.05) is 7.11 Å². The van der Waals surface area contributed by atoms with E-state index in [4.69, 9.17) is 10.6 Å². The van der Waals surface area contributed by atoms with Crippen LogP contribution in [0.15, 0.2) is 0 Å². The van der Waals surface area contributed by atoms with Gasteiger partial charge in [-0.15, -0.1) is 0 Å². The van der Waals surface area contributed by atoms with Gasteiger partial charge >= 0.3 is 0 Å². The summed E-state index contributed by atoms with van der Waals surface area (Å²) in [5, 5.41) is 0. The zero-order chi connectivity index (χ0) is 9.72. The lowest BCUT2D eigenvalue weighted by Crippen LogP contribution is -2.50. The highest BCUT2D eigenvalue weighted by molar-refractivity contribution is 4.79. The monoisotopic (exact) mass is 174 g/mol. The average molecular weight is 174 g/mol. The number of nitrogens with one attached hydrogen (secondary N) is 1. The van der Waals surface area contributed by atoms with E-state index >= 15 is 0 Å². The van der Waals surface area contributed by atoms with Gasteiger partial charge in [0.05, 0.1) is 6.10 Å². The van der Waals surface area contributed by atoms with Crippen molar-refractivity contribution in [3.63, 3.8) is 0 Å². The van der Waals surface area contributed by atoms with Crippen LogP contribution in [0.2, 0.25) is 0 Å². The molecule has 0 fully saturated rings. The molecule has 0 aromatic carbocycles. The minimum absolute atomic E-state index is 0.190. The highest BCUT2D eigenvalue weighted by Gasteiger charge is 2.25. The molecule has 0 saturated carbocycles. The van der Waals surface area contributed by atoms with E-state index < -0.39 is 0 Å². The van der Waals surface area contributed by atoms with E-state index in [9.17, 15) is 0 Å². The third kappa shape index (κ3) is 3.09. The molecule has 2 unspecified atom stereocenters. The predicted octanol–water partition coefficient (Wildman–Crippen LogP) is 1.15. The summed E-state index contributed by atoms with van der Waals surface area (Å²) in [6.07, 6.45) is 0.190. The van der Waals surface area contributed by atoms with Gasteiger partial charge in [-0.1, -0.05) is 27.7 Å². The molecule has 0 aliphatic heterocycles. The van der Waals surface area contributed by atoms with Crippen molar-refractivity contribution in [3.8, 4) is 0 Å². The van der Waals surface area contributed by atoms with Gasteiger partial charge in [0.25, 0.3) is 0 Å². The molecule has 3 nitrogen and oxygen atoms in total. The molecule has 3 N–H and O–H groups in total. The first-order valence-electron chi connectivity index (χ1n) is 4.53. The fourth-order valence-electron chi connectivity index (χ4n) is 1.50. The van der Waals surface area contributed by atoms with E-state index in [1.54, 1.807) is 7.11 Å². The molecule has 0 heterocycles. The quantitative estimate of drug-likeness (QED) is 0.485. The van der Waals surface area contributed by atoms with Gasteiger partial charge in [-0.3, -0.25) is 11.3 Å². The largest absolute Gasteiger partial charge is 0.380 e. The predicted molar refractivity (Wildman–Crippen MR) is 51.6 cm³/mol. The summed E-state index contributed by atoms with van der Waals surface area (Å²) in [6, 6.07) is 0.231. The molecule has 0 bridgehead atoms. The van der Waals surface area contributed by atoms with Gasteiger partial charge in [-0.05, 0) is 11.8 Å². The summed E-state index contributed by atoms with van der Waals surface area (Å²) in [5.41, 5.74) is 2.81. The van der Waals surface area contributed by atoms with Gasteiger partial charge in [-0.25, -0.2) is 0 Å². The minimum Gasteiger partial charge on any atom is -0.380 e. The summed E-state index contributed by atoms with van der Waals surface area (Å²) in [7, 11) is 1.73. The molecule has 2 atom stereocenters. The van der Waals surface area contributed by atoms with Gasteiger partial charge in [0, 0.05) is 13.2 Å². The van der Waals surface area contributed by atoms with Crippen LogP contribution in [0.1, 0.15) is 27.7 Å².